The topological polar surface area (TPSA) is 72.7 Å². The van der Waals surface area contributed by atoms with Crippen molar-refractivity contribution in [2.24, 2.45) is 0 Å². The van der Waals surface area contributed by atoms with Gasteiger partial charge in [-0.05, 0) is 41.3 Å². The molecule has 0 aliphatic carbocycles. The zero-order chi connectivity index (χ0) is 29.4. The molecular formula is C34H28ClN5OS2. The number of carbonyl (C=O) groups excluding carboxylic acids is 1. The van der Waals surface area contributed by atoms with Gasteiger partial charge in [-0.3, -0.25) is 9.36 Å². The number of nitrogens with one attached hydrogen (secondary N) is 1. The zero-order valence-corrected chi connectivity index (χ0v) is 25.5. The summed E-state index contributed by atoms with van der Waals surface area (Å²) in [4.78, 5) is 18.0. The fraction of sp³-hybridized carbons (Fsp3) is 0.118. The van der Waals surface area contributed by atoms with E-state index in [-0.39, 0.29) is 11.9 Å². The minimum Gasteiger partial charge on any atom is -0.344 e. The van der Waals surface area contributed by atoms with E-state index in [2.05, 4.69) is 44.8 Å². The standard InChI is InChI=1S/C34H28ClN5OS2/c35-27-17-10-18-28(21-27)40-31(20-25-13-6-2-7-14-25)38-39-34(40)43-23-32-36-30(22-42-32)33(41)37-29(26-15-8-3-9-16-26)19-24-11-4-1-5-12-24/h1-18,21-22,29H,19-20,23H2,(H,37,41). The Balaban J connectivity index is 1.18. The molecule has 9 heteroatoms. The largest absolute Gasteiger partial charge is 0.344 e. The van der Waals surface area contributed by atoms with Crippen molar-refractivity contribution >= 4 is 40.6 Å². The van der Waals surface area contributed by atoms with E-state index < -0.39 is 0 Å². The van der Waals surface area contributed by atoms with Crippen LogP contribution in [-0.2, 0) is 18.6 Å². The van der Waals surface area contributed by atoms with Crippen LogP contribution in [0.1, 0.15) is 44.1 Å². The normalized spacial score (nSPS) is 11.7. The summed E-state index contributed by atoms with van der Waals surface area (Å²) < 4.78 is 2.04. The molecule has 0 fully saturated rings. The second-order valence-corrected chi connectivity index (χ2v) is 12.2. The number of amides is 1. The molecule has 0 aliphatic heterocycles. The number of carbonyl (C=O) groups is 1. The minimum absolute atomic E-state index is 0.171. The fourth-order valence-electron chi connectivity index (χ4n) is 4.79. The van der Waals surface area contributed by atoms with Gasteiger partial charge in [0.15, 0.2) is 5.16 Å². The molecule has 1 atom stereocenters. The third-order valence-electron chi connectivity index (χ3n) is 6.87. The van der Waals surface area contributed by atoms with Gasteiger partial charge in [-0.15, -0.1) is 21.5 Å². The second-order valence-electron chi connectivity index (χ2n) is 9.92. The molecule has 0 radical (unpaired) electrons. The van der Waals surface area contributed by atoms with Gasteiger partial charge in [-0.25, -0.2) is 4.98 Å². The van der Waals surface area contributed by atoms with Gasteiger partial charge in [0.05, 0.1) is 17.5 Å². The summed E-state index contributed by atoms with van der Waals surface area (Å²) in [6, 6.07) is 37.9. The summed E-state index contributed by atoms with van der Waals surface area (Å²) in [5, 5.41) is 16.3. The highest BCUT2D eigenvalue weighted by atomic mass is 35.5. The van der Waals surface area contributed by atoms with Crippen molar-refractivity contribution in [1.29, 1.82) is 0 Å². The molecule has 2 heterocycles. The highest BCUT2D eigenvalue weighted by molar-refractivity contribution is 7.98. The van der Waals surface area contributed by atoms with E-state index in [0.29, 0.717) is 29.3 Å². The molecular weight excluding hydrogens is 594 g/mol. The first-order chi connectivity index (χ1) is 21.1. The van der Waals surface area contributed by atoms with Crippen LogP contribution in [0.4, 0.5) is 0 Å². The van der Waals surface area contributed by atoms with Crippen molar-refractivity contribution in [2.75, 3.05) is 0 Å². The van der Waals surface area contributed by atoms with Crippen molar-refractivity contribution in [3.8, 4) is 5.69 Å². The summed E-state index contributed by atoms with van der Waals surface area (Å²) >= 11 is 9.34. The lowest BCUT2D eigenvalue weighted by molar-refractivity contribution is 0.0932. The van der Waals surface area contributed by atoms with Crippen LogP contribution in [0.15, 0.2) is 126 Å². The Morgan fingerprint density at radius 2 is 1.56 bits per heavy atom. The Labute approximate surface area is 263 Å². The maximum absolute atomic E-state index is 13.3. The first kappa shape index (κ1) is 28.9. The van der Waals surface area contributed by atoms with Crippen molar-refractivity contribution in [1.82, 2.24) is 25.1 Å². The van der Waals surface area contributed by atoms with E-state index in [0.717, 1.165) is 38.4 Å². The van der Waals surface area contributed by atoms with Crippen LogP contribution in [0.3, 0.4) is 0 Å². The average molecular weight is 622 g/mol. The molecule has 0 saturated heterocycles. The molecule has 43 heavy (non-hydrogen) atoms. The Morgan fingerprint density at radius 1 is 0.860 bits per heavy atom. The van der Waals surface area contributed by atoms with E-state index in [4.69, 9.17) is 11.6 Å². The number of hydrogen-bond donors (Lipinski definition) is 1. The van der Waals surface area contributed by atoms with Crippen LogP contribution < -0.4 is 5.32 Å². The molecule has 6 nitrogen and oxygen atoms in total. The molecule has 0 spiro atoms. The third-order valence-corrected chi connectivity index (χ3v) is 9.08. The van der Waals surface area contributed by atoms with Gasteiger partial charge in [0.1, 0.15) is 16.5 Å². The predicted molar refractivity (Wildman–Crippen MR) is 174 cm³/mol. The SMILES string of the molecule is O=C(NC(Cc1ccccc1)c1ccccc1)c1csc(CSc2nnc(Cc3ccccc3)n2-c2cccc(Cl)c2)n1. The number of thiazole rings is 1. The first-order valence-electron chi connectivity index (χ1n) is 13.8. The van der Waals surface area contributed by atoms with Crippen LogP contribution in [0.25, 0.3) is 5.69 Å². The molecule has 4 aromatic carbocycles. The lowest BCUT2D eigenvalue weighted by Gasteiger charge is -2.19. The monoisotopic (exact) mass is 621 g/mol. The molecule has 1 unspecified atom stereocenters. The summed E-state index contributed by atoms with van der Waals surface area (Å²) in [5.74, 6) is 1.18. The van der Waals surface area contributed by atoms with E-state index >= 15 is 0 Å². The summed E-state index contributed by atoms with van der Waals surface area (Å²) in [5.41, 5.74) is 4.66. The molecule has 2 aromatic heterocycles. The van der Waals surface area contributed by atoms with Gasteiger partial charge < -0.3 is 5.32 Å². The summed E-state index contributed by atoms with van der Waals surface area (Å²) in [7, 11) is 0. The second kappa shape index (κ2) is 13.8. The van der Waals surface area contributed by atoms with Crippen LogP contribution in [0.5, 0.6) is 0 Å². The molecule has 0 bridgehead atoms. The van der Waals surface area contributed by atoms with Gasteiger partial charge in [0.2, 0.25) is 0 Å². The van der Waals surface area contributed by atoms with E-state index in [1.807, 2.05) is 101 Å². The van der Waals surface area contributed by atoms with E-state index in [1.54, 1.807) is 0 Å². The zero-order valence-electron chi connectivity index (χ0n) is 23.1. The lowest BCUT2D eigenvalue weighted by atomic mass is 9.99. The molecule has 6 rings (SSSR count). The smallest absolute Gasteiger partial charge is 0.271 e. The highest BCUT2D eigenvalue weighted by Crippen LogP contribution is 2.29. The third kappa shape index (κ3) is 7.40. The van der Waals surface area contributed by atoms with Crippen LogP contribution in [0.2, 0.25) is 5.02 Å². The number of thioether (sulfide) groups is 1. The van der Waals surface area contributed by atoms with Crippen LogP contribution >= 0.6 is 34.7 Å². The van der Waals surface area contributed by atoms with Gasteiger partial charge in [-0.2, -0.15) is 0 Å². The Morgan fingerprint density at radius 3 is 2.28 bits per heavy atom. The van der Waals surface area contributed by atoms with Crippen LogP contribution in [0, 0.1) is 0 Å². The molecule has 1 amide bonds. The molecule has 214 valence electrons. The highest BCUT2D eigenvalue weighted by Gasteiger charge is 2.20. The lowest BCUT2D eigenvalue weighted by Crippen LogP contribution is -2.30. The number of hydrogen-bond acceptors (Lipinski definition) is 6. The number of halogens is 1. The number of nitrogens with zero attached hydrogens (tertiary/aromatic N) is 4. The van der Waals surface area contributed by atoms with Gasteiger partial charge >= 0.3 is 0 Å². The maximum Gasteiger partial charge on any atom is 0.271 e. The average Bonchev–Trinajstić information content (AvgIpc) is 3.68. The molecule has 0 saturated carbocycles. The van der Waals surface area contributed by atoms with Crippen LogP contribution in [-0.4, -0.2) is 25.7 Å². The van der Waals surface area contributed by atoms with Crippen molar-refractivity contribution in [2.45, 2.75) is 29.8 Å². The Hall–Kier alpha value is -4.24. The molecule has 1 N–H and O–H groups in total. The van der Waals surface area contributed by atoms with Gasteiger partial charge in [0, 0.05) is 16.8 Å². The minimum atomic E-state index is -0.190. The molecule has 0 aliphatic rings. The maximum atomic E-state index is 13.3. The fourth-order valence-corrected chi connectivity index (χ4v) is 6.74. The summed E-state index contributed by atoms with van der Waals surface area (Å²) in [6.07, 6.45) is 1.32. The van der Waals surface area contributed by atoms with Gasteiger partial charge in [-0.1, -0.05) is 120 Å². The number of benzene rings is 4. The van der Waals surface area contributed by atoms with Gasteiger partial charge in [0.25, 0.3) is 5.91 Å². The van der Waals surface area contributed by atoms with Crippen molar-refractivity contribution in [3.05, 3.63) is 159 Å². The predicted octanol–water partition coefficient (Wildman–Crippen LogP) is 7.97. The van der Waals surface area contributed by atoms with E-state index in [9.17, 15) is 4.79 Å². The Bertz CT molecular complexity index is 1790. The number of aromatic nitrogens is 4. The van der Waals surface area contributed by atoms with Crippen molar-refractivity contribution < 1.29 is 4.79 Å². The Kier molecular flexibility index (Phi) is 9.28. The molecule has 6 aromatic rings. The first-order valence-corrected chi connectivity index (χ1v) is 16.1. The van der Waals surface area contributed by atoms with Crippen molar-refractivity contribution in [3.63, 3.8) is 0 Å². The quantitative estimate of drug-likeness (QED) is 0.149. The number of rotatable bonds is 11. The summed E-state index contributed by atoms with van der Waals surface area (Å²) in [6.45, 7) is 0. The van der Waals surface area contributed by atoms with E-state index in [1.165, 1.54) is 23.1 Å².